The summed E-state index contributed by atoms with van der Waals surface area (Å²) in [6.45, 7) is 3.11. The average Bonchev–Trinajstić information content (AvgIpc) is 2.68. The van der Waals surface area contributed by atoms with Crippen molar-refractivity contribution in [1.82, 2.24) is 10.3 Å². The molecule has 0 saturated carbocycles. The lowest BCUT2D eigenvalue weighted by Gasteiger charge is -2.23. The van der Waals surface area contributed by atoms with Crippen molar-refractivity contribution in [1.29, 1.82) is 0 Å². The molecule has 1 aromatic heterocycles. The number of amides is 1. The molecule has 1 atom stereocenters. The lowest BCUT2D eigenvalue weighted by atomic mass is 10.0. The molecule has 1 saturated heterocycles. The summed E-state index contributed by atoms with van der Waals surface area (Å²) in [6.07, 6.45) is 2.16. The Morgan fingerprint density at radius 3 is 3.12 bits per heavy atom. The maximum absolute atomic E-state index is 12.0. The molecule has 5 nitrogen and oxygen atoms in total. The Kier molecular flexibility index (Phi) is 3.22. The first kappa shape index (κ1) is 12.1. The van der Waals surface area contributed by atoms with Crippen molar-refractivity contribution >= 4 is 23.3 Å². The summed E-state index contributed by atoms with van der Waals surface area (Å²) in [6, 6.07) is 1.47. The monoisotopic (exact) mass is 255 g/mol. The molecule has 1 fully saturated rings. The number of aromatic nitrogens is 1. The summed E-state index contributed by atoms with van der Waals surface area (Å²) in [7, 11) is 0. The number of nitrogen functional groups attached to an aromatic ring is 1. The van der Waals surface area contributed by atoms with E-state index in [9.17, 15) is 4.79 Å². The molecule has 1 aromatic rings. The second kappa shape index (κ2) is 4.50. The highest BCUT2D eigenvalue weighted by molar-refractivity contribution is 6.33. The van der Waals surface area contributed by atoms with Gasteiger partial charge in [-0.15, -0.1) is 0 Å². The van der Waals surface area contributed by atoms with E-state index in [1.165, 1.54) is 12.3 Å². The number of hydrogen-bond donors (Lipinski definition) is 2. The van der Waals surface area contributed by atoms with E-state index in [2.05, 4.69) is 10.3 Å². The van der Waals surface area contributed by atoms with Gasteiger partial charge in [0, 0.05) is 12.8 Å². The Labute approximate surface area is 104 Å². The van der Waals surface area contributed by atoms with Gasteiger partial charge in [-0.3, -0.25) is 4.79 Å². The van der Waals surface area contributed by atoms with Gasteiger partial charge in [-0.05, 0) is 19.4 Å². The summed E-state index contributed by atoms with van der Waals surface area (Å²) in [5, 5.41) is 3.20. The van der Waals surface area contributed by atoms with Crippen LogP contribution in [0.3, 0.4) is 0 Å². The highest BCUT2D eigenvalue weighted by Crippen LogP contribution is 2.21. The number of hydrogen-bond acceptors (Lipinski definition) is 4. The molecule has 1 aliphatic heterocycles. The maximum atomic E-state index is 12.0. The van der Waals surface area contributed by atoms with E-state index in [1.54, 1.807) is 0 Å². The van der Waals surface area contributed by atoms with Crippen LogP contribution in [0, 0.1) is 0 Å². The van der Waals surface area contributed by atoms with Gasteiger partial charge in [0.05, 0.1) is 22.7 Å². The van der Waals surface area contributed by atoms with Gasteiger partial charge in [0.1, 0.15) is 5.82 Å². The Hall–Kier alpha value is -1.33. The molecule has 0 spiro atoms. The minimum Gasteiger partial charge on any atom is -0.384 e. The van der Waals surface area contributed by atoms with E-state index >= 15 is 0 Å². The SMILES string of the molecule is CC1(NC(=O)c2cc(N)ncc2Cl)CCOC1. The van der Waals surface area contributed by atoms with E-state index in [1.807, 2.05) is 6.92 Å². The molecule has 0 aliphatic carbocycles. The van der Waals surface area contributed by atoms with Crippen LogP contribution in [-0.2, 0) is 4.74 Å². The number of halogens is 1. The van der Waals surface area contributed by atoms with Crippen LogP contribution >= 0.6 is 11.6 Å². The minimum atomic E-state index is -0.335. The molecule has 1 unspecified atom stereocenters. The van der Waals surface area contributed by atoms with Gasteiger partial charge in [0.25, 0.3) is 5.91 Å². The Bertz CT molecular complexity index is 444. The quantitative estimate of drug-likeness (QED) is 0.833. The highest BCUT2D eigenvalue weighted by atomic mass is 35.5. The van der Waals surface area contributed by atoms with Gasteiger partial charge in [-0.2, -0.15) is 0 Å². The van der Waals surface area contributed by atoms with E-state index in [0.29, 0.717) is 23.8 Å². The van der Waals surface area contributed by atoms with Crippen molar-refractivity contribution in [3.8, 4) is 0 Å². The number of ether oxygens (including phenoxy) is 1. The number of carbonyl (C=O) groups is 1. The predicted molar refractivity (Wildman–Crippen MR) is 65.0 cm³/mol. The maximum Gasteiger partial charge on any atom is 0.253 e. The van der Waals surface area contributed by atoms with Gasteiger partial charge in [-0.25, -0.2) is 4.98 Å². The van der Waals surface area contributed by atoms with Crippen LogP contribution in [0.25, 0.3) is 0 Å². The van der Waals surface area contributed by atoms with E-state index in [0.717, 1.165) is 6.42 Å². The molecule has 92 valence electrons. The second-order valence-corrected chi connectivity index (χ2v) is 4.81. The standard InChI is InChI=1S/C11H14ClN3O2/c1-11(2-3-17-6-11)15-10(16)7-4-9(13)14-5-8(7)12/h4-5H,2-3,6H2,1H3,(H2,13,14)(H,15,16). The number of nitrogens with two attached hydrogens (primary N) is 1. The van der Waals surface area contributed by atoms with Crippen LogP contribution < -0.4 is 11.1 Å². The number of anilines is 1. The molecule has 2 heterocycles. The molecule has 3 N–H and O–H groups in total. The van der Waals surface area contributed by atoms with Crippen LogP contribution in [0.1, 0.15) is 23.7 Å². The van der Waals surface area contributed by atoms with Gasteiger partial charge >= 0.3 is 0 Å². The van der Waals surface area contributed by atoms with Crippen molar-refractivity contribution in [3.05, 3.63) is 22.8 Å². The zero-order valence-corrected chi connectivity index (χ0v) is 10.3. The van der Waals surface area contributed by atoms with Crippen molar-refractivity contribution in [2.45, 2.75) is 18.9 Å². The first-order valence-electron chi connectivity index (χ1n) is 5.31. The van der Waals surface area contributed by atoms with Gasteiger partial charge in [0.2, 0.25) is 0 Å². The normalized spacial score (nSPS) is 23.6. The molecule has 0 aromatic carbocycles. The summed E-state index contributed by atoms with van der Waals surface area (Å²) >= 11 is 5.91. The summed E-state index contributed by atoms with van der Waals surface area (Å²) in [5.41, 5.74) is 5.54. The second-order valence-electron chi connectivity index (χ2n) is 4.41. The third kappa shape index (κ3) is 2.68. The molecule has 1 aliphatic rings. The van der Waals surface area contributed by atoms with Crippen molar-refractivity contribution in [2.75, 3.05) is 18.9 Å². The number of nitrogens with zero attached hydrogens (tertiary/aromatic N) is 1. The van der Waals surface area contributed by atoms with Gasteiger partial charge < -0.3 is 15.8 Å². The third-order valence-electron chi connectivity index (χ3n) is 2.76. The molecule has 2 rings (SSSR count). The lowest BCUT2D eigenvalue weighted by molar-refractivity contribution is 0.0890. The van der Waals surface area contributed by atoms with Crippen LogP contribution in [0.15, 0.2) is 12.3 Å². The Morgan fingerprint density at radius 1 is 1.71 bits per heavy atom. The molecule has 17 heavy (non-hydrogen) atoms. The smallest absolute Gasteiger partial charge is 0.253 e. The van der Waals surface area contributed by atoms with Crippen molar-refractivity contribution in [2.24, 2.45) is 0 Å². The minimum absolute atomic E-state index is 0.253. The first-order chi connectivity index (χ1) is 8.00. The highest BCUT2D eigenvalue weighted by Gasteiger charge is 2.32. The molecular formula is C11H14ClN3O2. The first-order valence-corrected chi connectivity index (χ1v) is 5.69. The Balaban J connectivity index is 2.17. The fourth-order valence-corrected chi connectivity index (χ4v) is 1.93. The zero-order chi connectivity index (χ0) is 12.5. The van der Waals surface area contributed by atoms with Crippen LogP contribution in [0.2, 0.25) is 5.02 Å². The van der Waals surface area contributed by atoms with Crippen LogP contribution in [0.4, 0.5) is 5.82 Å². The summed E-state index contributed by atoms with van der Waals surface area (Å²) in [4.78, 5) is 15.9. The van der Waals surface area contributed by atoms with Crippen LogP contribution in [-0.4, -0.2) is 29.6 Å². The molecule has 0 bridgehead atoms. The van der Waals surface area contributed by atoms with E-state index in [4.69, 9.17) is 22.1 Å². The summed E-state index contributed by atoms with van der Waals surface area (Å²) in [5.74, 6) is 0.0180. The summed E-state index contributed by atoms with van der Waals surface area (Å²) < 4.78 is 5.27. The third-order valence-corrected chi connectivity index (χ3v) is 3.06. The largest absolute Gasteiger partial charge is 0.384 e. The lowest BCUT2D eigenvalue weighted by Crippen LogP contribution is -2.46. The van der Waals surface area contributed by atoms with Gasteiger partial charge in [0.15, 0.2) is 0 Å². The molecule has 1 amide bonds. The molecular weight excluding hydrogens is 242 g/mol. The van der Waals surface area contributed by atoms with Crippen molar-refractivity contribution in [3.63, 3.8) is 0 Å². The number of rotatable bonds is 2. The number of carbonyl (C=O) groups excluding carboxylic acids is 1. The van der Waals surface area contributed by atoms with E-state index in [-0.39, 0.29) is 17.3 Å². The number of nitrogens with one attached hydrogen (secondary N) is 1. The fourth-order valence-electron chi connectivity index (χ4n) is 1.74. The average molecular weight is 256 g/mol. The van der Waals surface area contributed by atoms with Crippen LogP contribution in [0.5, 0.6) is 0 Å². The predicted octanol–water partition coefficient (Wildman–Crippen LogP) is 1.23. The number of pyridine rings is 1. The topological polar surface area (TPSA) is 77.2 Å². The van der Waals surface area contributed by atoms with Gasteiger partial charge in [-0.1, -0.05) is 11.6 Å². The molecule has 6 heteroatoms. The molecule has 0 radical (unpaired) electrons. The van der Waals surface area contributed by atoms with E-state index < -0.39 is 0 Å². The zero-order valence-electron chi connectivity index (χ0n) is 9.50. The van der Waals surface area contributed by atoms with Crippen molar-refractivity contribution < 1.29 is 9.53 Å². The Morgan fingerprint density at radius 2 is 2.47 bits per heavy atom. The fraction of sp³-hybridized carbons (Fsp3) is 0.455.